The van der Waals surface area contributed by atoms with Crippen LogP contribution in [0.25, 0.3) is 0 Å². The van der Waals surface area contributed by atoms with Crippen molar-refractivity contribution < 1.29 is 178 Å². The molecule has 421 valence electrons. The van der Waals surface area contributed by atoms with Gasteiger partial charge < -0.3 is 69.6 Å². The SMILES string of the molecule is CO[C@H]1[C@H](OC)[C@H](c2cc[c-]cc2)N(c2ccccc2)[C@H]1c1cc[c-]cc1.CO[C@H]1[C@H](OC)[C@H](c2ccc(B3OC(C)(C)C(C)(C)O3)cc2)N(c2ccccc2)[C@H]1c1ccc(B2OC(C)(C)C(C)(C)O2)cc1.[CH3-].[CH3-].[CH3-].[W].[W].[Y].[Y].[Y]. The van der Waals surface area contributed by atoms with Gasteiger partial charge in [0.25, 0.3) is 0 Å². The molecule has 4 heterocycles. The normalized spacial score (nSPS) is 24.2. The average molecular weight is 1650 g/mol. The van der Waals surface area contributed by atoms with Crippen LogP contribution in [-0.2, 0) is 178 Å². The standard InChI is InChI=1S/C36H47B2NO6.C24H23NO2.3CH3.2W.3Y/c1-33(2)34(3,4)43-37(42-33)26-20-16-24(17-21-26)29-31(40-9)32(41-10)30(39(29)28-14-12-11-13-15-28)25-18-22-27(23-19-25)38-44-35(5,6)36(7,8)45-38;1-26-23-21(18-12-6-3-7-13-18)25(20-16-10-5-11-17-20)22(24(23)27-2)19-14-8-4-9-15-19;;;;;;;;/h11-23,29-32H,1-10H3;5-17,21-24H,1-2H3;3*1H3;;;;;/q;-2;3*-1;;;;;/t29-,30-,31+,32+;21-,22-,23+,24+;;;;;;;;/m00......../s1. The Labute approximate surface area is 586 Å². The molecule has 10 rings (SSSR count). The van der Waals surface area contributed by atoms with E-state index in [4.69, 9.17) is 37.6 Å². The van der Waals surface area contributed by atoms with Crippen molar-refractivity contribution in [1.82, 2.24) is 0 Å². The maximum Gasteiger partial charge on any atom is 0.494 e. The van der Waals surface area contributed by atoms with E-state index in [-0.39, 0.29) is 211 Å². The van der Waals surface area contributed by atoms with Crippen LogP contribution in [-0.4, -0.2) is 89.5 Å². The molecule has 4 saturated heterocycles. The zero-order valence-electron chi connectivity index (χ0n) is 49.5. The third kappa shape index (κ3) is 15.8. The molecule has 0 bridgehead atoms. The number of anilines is 2. The third-order valence-corrected chi connectivity index (χ3v) is 16.1. The minimum absolute atomic E-state index is 0. The van der Waals surface area contributed by atoms with Crippen LogP contribution >= 0.6 is 0 Å². The number of ether oxygens (including phenoxy) is 4. The second-order valence-corrected chi connectivity index (χ2v) is 21.2. The molecular weight excluding hydrogens is 1570 g/mol. The van der Waals surface area contributed by atoms with Crippen molar-refractivity contribution in [3.63, 3.8) is 0 Å². The molecule has 4 aliphatic heterocycles. The average Bonchev–Trinajstić information content (AvgIpc) is 4.06. The summed E-state index contributed by atoms with van der Waals surface area (Å²) in [6.45, 7) is 16.6. The first-order chi connectivity index (χ1) is 34.5. The van der Waals surface area contributed by atoms with Crippen molar-refractivity contribution in [3.8, 4) is 0 Å². The van der Waals surface area contributed by atoms with Gasteiger partial charge in [-0.25, -0.2) is 0 Å². The summed E-state index contributed by atoms with van der Waals surface area (Å²) < 4.78 is 49.9. The molecule has 0 aliphatic carbocycles. The monoisotopic (exact) mass is 1650 g/mol. The van der Waals surface area contributed by atoms with Crippen LogP contribution < -0.4 is 20.7 Å². The largest absolute Gasteiger partial charge is 0.494 e. The van der Waals surface area contributed by atoms with Crippen molar-refractivity contribution in [2.24, 2.45) is 0 Å². The molecule has 6 aromatic carbocycles. The number of benzene rings is 6. The molecule has 80 heavy (non-hydrogen) atoms. The third-order valence-electron chi connectivity index (χ3n) is 16.1. The predicted molar refractivity (Wildman–Crippen MR) is 306 cm³/mol. The van der Waals surface area contributed by atoms with E-state index < -0.39 is 36.6 Å². The van der Waals surface area contributed by atoms with Crippen molar-refractivity contribution in [3.05, 3.63) is 214 Å². The summed E-state index contributed by atoms with van der Waals surface area (Å²) in [5, 5.41) is 0. The van der Waals surface area contributed by atoms with Gasteiger partial charge in [-0.2, -0.15) is 60.7 Å². The van der Waals surface area contributed by atoms with Crippen LogP contribution in [0.15, 0.2) is 158 Å². The van der Waals surface area contributed by atoms with Gasteiger partial charge in [0.2, 0.25) is 0 Å². The van der Waals surface area contributed by atoms with Gasteiger partial charge >= 0.3 is 14.2 Å². The van der Waals surface area contributed by atoms with Gasteiger partial charge in [0.1, 0.15) is 24.4 Å². The Morgan fingerprint density at radius 3 is 0.812 bits per heavy atom. The van der Waals surface area contributed by atoms with E-state index in [9.17, 15) is 0 Å². The quantitative estimate of drug-likeness (QED) is 0.0873. The van der Waals surface area contributed by atoms with E-state index in [0.29, 0.717) is 0 Å². The molecule has 0 spiro atoms. The second-order valence-electron chi connectivity index (χ2n) is 21.2. The van der Waals surface area contributed by atoms with Gasteiger partial charge in [-0.05, 0) is 102 Å². The molecule has 0 aromatic heterocycles. The van der Waals surface area contributed by atoms with E-state index in [1.54, 1.807) is 28.4 Å². The Morgan fingerprint density at radius 2 is 0.588 bits per heavy atom. The summed E-state index contributed by atoms with van der Waals surface area (Å²) in [6, 6.07) is 60.5. The summed E-state index contributed by atoms with van der Waals surface area (Å²) >= 11 is 0. The number of nitrogens with zero attached hydrogens (tertiary/aromatic N) is 2. The first kappa shape index (κ1) is 77.4. The molecule has 0 unspecified atom stereocenters. The zero-order valence-corrected chi connectivity index (χ0v) is 63.9. The minimum atomic E-state index is -0.418. The molecule has 0 amide bonds. The predicted octanol–water partition coefficient (Wildman–Crippen LogP) is 11.6. The summed E-state index contributed by atoms with van der Waals surface area (Å²) in [5.41, 5.74) is 7.28. The van der Waals surface area contributed by atoms with E-state index >= 15 is 0 Å². The van der Waals surface area contributed by atoms with Gasteiger partial charge in [-0.3, -0.25) is 0 Å². The summed E-state index contributed by atoms with van der Waals surface area (Å²) in [7, 11) is 6.24. The van der Waals surface area contributed by atoms with Crippen molar-refractivity contribution in [2.75, 3.05) is 38.2 Å². The number of rotatable bonds is 12. The molecule has 0 N–H and O–H groups in total. The maximum absolute atomic E-state index is 6.33. The molecule has 10 nitrogen and oxygen atoms in total. The minimum Gasteiger partial charge on any atom is -0.399 e. The molecule has 4 fully saturated rings. The smallest absolute Gasteiger partial charge is 0.399 e. The van der Waals surface area contributed by atoms with Gasteiger partial charge in [-0.1, -0.05) is 84.9 Å². The Hall–Kier alpha value is -0.582. The molecular formula is C63H79B2N2O8W2Y3-5. The van der Waals surface area contributed by atoms with E-state index in [1.807, 2.05) is 36.4 Å². The zero-order chi connectivity index (χ0) is 51.0. The van der Waals surface area contributed by atoms with Crippen LogP contribution in [0.2, 0.25) is 0 Å². The number of para-hydroxylation sites is 2. The summed E-state index contributed by atoms with van der Waals surface area (Å²) in [5.74, 6) is 0. The summed E-state index contributed by atoms with van der Waals surface area (Å²) in [4.78, 5) is 4.86. The Morgan fingerprint density at radius 1 is 0.362 bits per heavy atom. The van der Waals surface area contributed by atoms with E-state index in [1.165, 1.54) is 11.1 Å². The van der Waals surface area contributed by atoms with Crippen molar-refractivity contribution in [1.29, 1.82) is 0 Å². The Kier molecular flexibility index (Phi) is 31.9. The van der Waals surface area contributed by atoms with Gasteiger partial charge in [-0.15, -0.1) is 11.1 Å². The number of methoxy groups -OCH3 is 4. The number of hydrogen-bond acceptors (Lipinski definition) is 10. The molecule has 4 aliphatic rings. The molecule has 0 saturated carbocycles. The summed E-state index contributed by atoms with van der Waals surface area (Å²) in [6.07, 6.45) is -0.671. The van der Waals surface area contributed by atoms with Crippen LogP contribution in [0.1, 0.15) is 102 Å². The van der Waals surface area contributed by atoms with Crippen LogP contribution in [0.3, 0.4) is 0 Å². The van der Waals surface area contributed by atoms with Gasteiger partial charge in [0.15, 0.2) is 0 Å². The first-order valence-electron chi connectivity index (χ1n) is 25.2. The van der Waals surface area contributed by atoms with E-state index in [2.05, 4.69) is 199 Å². The second kappa shape index (κ2) is 33.0. The van der Waals surface area contributed by atoms with Gasteiger partial charge in [0.05, 0.1) is 46.6 Å². The fourth-order valence-corrected chi connectivity index (χ4v) is 10.8. The van der Waals surface area contributed by atoms with Crippen LogP contribution in [0.4, 0.5) is 11.4 Å². The van der Waals surface area contributed by atoms with Crippen LogP contribution in [0, 0.1) is 34.4 Å². The fraction of sp³-hybridized carbons (Fsp3) is 0.381. The number of hydrogen-bond donors (Lipinski definition) is 0. The first-order valence-corrected chi connectivity index (χ1v) is 25.2. The Bertz CT molecular complexity index is 2530. The maximum atomic E-state index is 6.33. The molecule has 3 radical (unpaired) electrons. The Balaban J connectivity index is 0.000000798. The van der Waals surface area contributed by atoms with Crippen molar-refractivity contribution >= 4 is 36.5 Å². The van der Waals surface area contributed by atoms with Crippen LogP contribution in [0.5, 0.6) is 0 Å². The topological polar surface area (TPSA) is 80.3 Å². The van der Waals surface area contributed by atoms with Gasteiger partial charge in [0, 0.05) is 180 Å². The van der Waals surface area contributed by atoms with E-state index in [0.717, 1.165) is 33.4 Å². The fourth-order valence-electron chi connectivity index (χ4n) is 10.8. The molecule has 8 atom stereocenters. The molecule has 6 aromatic rings. The van der Waals surface area contributed by atoms with Crippen molar-refractivity contribution in [2.45, 2.75) is 126 Å². The molecule has 17 heteroatoms.